The average Bonchev–Trinajstić information content (AvgIpc) is 2.72. The number of nitriles is 1. The van der Waals surface area contributed by atoms with E-state index in [2.05, 4.69) is 16.5 Å². The van der Waals surface area contributed by atoms with Crippen LogP contribution in [0.4, 0.5) is 0 Å². The van der Waals surface area contributed by atoms with Crippen molar-refractivity contribution < 1.29 is 4.79 Å². The van der Waals surface area contributed by atoms with Crippen molar-refractivity contribution in [3.8, 4) is 6.07 Å². The summed E-state index contributed by atoms with van der Waals surface area (Å²) in [6.45, 7) is 1.83. The minimum absolute atomic E-state index is 0.245. The molecule has 7 heteroatoms. The van der Waals surface area contributed by atoms with Gasteiger partial charge in [0, 0.05) is 27.4 Å². The number of rotatable bonds is 2. The van der Waals surface area contributed by atoms with Gasteiger partial charge < -0.3 is 5.32 Å². The summed E-state index contributed by atoms with van der Waals surface area (Å²) in [5.74, 6) is -0.245. The Labute approximate surface area is 184 Å². The zero-order valence-corrected chi connectivity index (χ0v) is 17.4. The zero-order chi connectivity index (χ0) is 21.3. The van der Waals surface area contributed by atoms with Crippen molar-refractivity contribution in [2.75, 3.05) is 0 Å². The number of halogens is 2. The first-order valence-electron chi connectivity index (χ1n) is 9.17. The van der Waals surface area contributed by atoms with Crippen LogP contribution in [0.5, 0.6) is 0 Å². The van der Waals surface area contributed by atoms with Crippen molar-refractivity contribution in [2.45, 2.75) is 13.1 Å². The van der Waals surface area contributed by atoms with Crippen molar-refractivity contribution >= 4 is 46.1 Å². The lowest BCUT2D eigenvalue weighted by Crippen LogP contribution is -2.47. The van der Waals surface area contributed by atoms with Crippen molar-refractivity contribution in [1.29, 1.82) is 5.26 Å². The number of carbonyl (C=O) groups is 1. The van der Waals surface area contributed by atoms with Gasteiger partial charge in [0.2, 0.25) is 0 Å². The first-order chi connectivity index (χ1) is 14.4. The van der Waals surface area contributed by atoms with Gasteiger partial charge in [-0.2, -0.15) is 10.4 Å². The summed E-state index contributed by atoms with van der Waals surface area (Å²) < 4.78 is 0. The third-order valence-electron chi connectivity index (χ3n) is 4.73. The number of fused-ring (bicyclic) bond motifs is 1. The number of amides is 1. The van der Waals surface area contributed by atoms with Crippen LogP contribution in [0.25, 0.3) is 11.3 Å². The van der Waals surface area contributed by atoms with Crippen LogP contribution in [0.3, 0.4) is 0 Å². The Morgan fingerprint density at radius 2 is 1.90 bits per heavy atom. The third-order valence-corrected chi connectivity index (χ3v) is 5.28. The average molecular weight is 435 g/mol. The molecule has 30 heavy (non-hydrogen) atoms. The minimum Gasteiger partial charge on any atom is -0.360 e. The Morgan fingerprint density at radius 1 is 1.13 bits per heavy atom. The monoisotopic (exact) mass is 434 g/mol. The van der Waals surface area contributed by atoms with Gasteiger partial charge in [0.25, 0.3) is 5.91 Å². The molecule has 0 saturated heterocycles. The van der Waals surface area contributed by atoms with Crippen LogP contribution in [-0.2, 0) is 4.79 Å². The molecule has 2 aromatic rings. The second-order valence-electron chi connectivity index (χ2n) is 6.84. The van der Waals surface area contributed by atoms with E-state index >= 15 is 0 Å². The van der Waals surface area contributed by atoms with Gasteiger partial charge in [0.15, 0.2) is 0 Å². The molecule has 0 radical (unpaired) electrons. The highest BCUT2D eigenvalue weighted by atomic mass is 35.5. The molecule has 0 aliphatic carbocycles. The Bertz CT molecular complexity index is 1190. The smallest absolute Gasteiger partial charge is 0.271 e. The maximum atomic E-state index is 12.9. The quantitative estimate of drug-likeness (QED) is 0.723. The molecule has 0 saturated carbocycles. The van der Waals surface area contributed by atoms with Crippen LogP contribution >= 0.6 is 23.2 Å². The number of nitrogens with zero attached hydrogens (tertiary/aromatic N) is 3. The molecule has 0 spiro atoms. The Balaban J connectivity index is 1.76. The Hall–Kier alpha value is -3.33. The van der Waals surface area contributed by atoms with Crippen molar-refractivity contribution in [1.82, 2.24) is 10.3 Å². The highest BCUT2D eigenvalue weighted by Crippen LogP contribution is 2.30. The number of allylic oxidation sites excluding steroid dienone is 3. The fraction of sp³-hybridized carbons (Fsp3) is 0.0870. The molecule has 1 atom stereocenters. The van der Waals surface area contributed by atoms with Gasteiger partial charge in [0.1, 0.15) is 6.17 Å². The molecule has 0 fully saturated rings. The van der Waals surface area contributed by atoms with Crippen LogP contribution < -0.4 is 5.32 Å². The summed E-state index contributed by atoms with van der Waals surface area (Å²) in [6.07, 6.45) is 6.63. The lowest BCUT2D eigenvalue weighted by Gasteiger charge is -2.33. The Kier molecular flexibility index (Phi) is 5.45. The molecule has 5 nitrogen and oxygen atoms in total. The first kappa shape index (κ1) is 20.0. The van der Waals surface area contributed by atoms with E-state index in [0.29, 0.717) is 27.0 Å². The summed E-state index contributed by atoms with van der Waals surface area (Å²) in [4.78, 5) is 12.9. The van der Waals surface area contributed by atoms with Crippen molar-refractivity contribution in [2.24, 2.45) is 5.10 Å². The summed E-state index contributed by atoms with van der Waals surface area (Å²) in [5.41, 5.74) is 4.33. The van der Waals surface area contributed by atoms with Crippen molar-refractivity contribution in [3.05, 3.63) is 93.5 Å². The molecule has 2 aromatic carbocycles. The van der Waals surface area contributed by atoms with Gasteiger partial charge in [-0.25, -0.2) is 5.01 Å². The van der Waals surface area contributed by atoms with Crippen LogP contribution in [-0.4, -0.2) is 22.8 Å². The molecule has 2 aliphatic rings. The zero-order valence-electron chi connectivity index (χ0n) is 15.9. The summed E-state index contributed by atoms with van der Waals surface area (Å²) >= 11 is 12.5. The standard InChI is InChI=1S/C23H16Cl2N4O/c1-14-2-5-17(19-9-8-18(24)11-20(19)25)10-22-27-21(12-23(30)29(22)28-14)16-6-3-15(13-26)4-7-16/h2-12,22,27H,1H3. The third kappa shape index (κ3) is 4.02. The molecule has 2 aliphatic heterocycles. The number of nitrogens with one attached hydrogen (secondary N) is 1. The second kappa shape index (κ2) is 8.19. The van der Waals surface area contributed by atoms with E-state index in [1.54, 1.807) is 36.4 Å². The molecule has 1 amide bonds. The first-order valence-corrected chi connectivity index (χ1v) is 9.93. The SMILES string of the molecule is CC1=NN2C(=O)C=C(c3ccc(C#N)cc3)NC2C=C(c2ccc(Cl)cc2Cl)C=C1. The van der Waals surface area contributed by atoms with Crippen molar-refractivity contribution in [3.63, 3.8) is 0 Å². The fourth-order valence-corrected chi connectivity index (χ4v) is 3.76. The fourth-order valence-electron chi connectivity index (χ4n) is 3.25. The molecule has 148 valence electrons. The van der Waals surface area contributed by atoms with Gasteiger partial charge in [-0.1, -0.05) is 47.5 Å². The number of hydrogen-bond acceptors (Lipinski definition) is 4. The van der Waals surface area contributed by atoms with E-state index in [0.717, 1.165) is 16.7 Å². The van der Waals surface area contributed by atoms with Gasteiger partial charge >= 0.3 is 0 Å². The van der Waals surface area contributed by atoms with E-state index in [1.807, 2.05) is 31.2 Å². The predicted octanol–water partition coefficient (Wildman–Crippen LogP) is 4.99. The predicted molar refractivity (Wildman–Crippen MR) is 120 cm³/mol. The highest BCUT2D eigenvalue weighted by Gasteiger charge is 2.28. The topological polar surface area (TPSA) is 68.5 Å². The lowest BCUT2D eigenvalue weighted by atomic mass is 10.0. The maximum absolute atomic E-state index is 12.9. The summed E-state index contributed by atoms with van der Waals surface area (Å²) in [6, 6.07) is 14.4. The molecule has 1 N–H and O–H groups in total. The molecular weight excluding hydrogens is 419 g/mol. The number of hydrogen-bond donors (Lipinski definition) is 1. The van der Waals surface area contributed by atoms with E-state index in [1.165, 1.54) is 11.1 Å². The van der Waals surface area contributed by atoms with E-state index in [4.69, 9.17) is 28.5 Å². The molecule has 0 bridgehead atoms. The summed E-state index contributed by atoms with van der Waals surface area (Å²) in [7, 11) is 0. The Morgan fingerprint density at radius 3 is 2.60 bits per heavy atom. The van der Waals surface area contributed by atoms with E-state index in [-0.39, 0.29) is 5.91 Å². The van der Waals surface area contributed by atoms with Gasteiger partial charge in [-0.3, -0.25) is 4.79 Å². The normalized spacial score (nSPS) is 18.2. The van der Waals surface area contributed by atoms with Gasteiger partial charge in [0.05, 0.1) is 17.3 Å². The summed E-state index contributed by atoms with van der Waals surface area (Å²) in [5, 5.41) is 19.3. The number of carbonyl (C=O) groups excluding carboxylic acids is 1. The number of hydrazone groups is 1. The van der Waals surface area contributed by atoms with Crippen LogP contribution in [0.1, 0.15) is 23.6 Å². The molecule has 4 rings (SSSR count). The molecule has 0 aromatic heterocycles. The number of benzene rings is 2. The lowest BCUT2D eigenvalue weighted by molar-refractivity contribution is -0.128. The molecular formula is C23H16Cl2N4O. The van der Waals surface area contributed by atoms with Gasteiger partial charge in [-0.15, -0.1) is 0 Å². The maximum Gasteiger partial charge on any atom is 0.271 e. The highest BCUT2D eigenvalue weighted by molar-refractivity contribution is 6.35. The van der Waals surface area contributed by atoms with Gasteiger partial charge in [-0.05, 0) is 54.5 Å². The van der Waals surface area contributed by atoms with Crippen LogP contribution in [0.15, 0.2) is 71.9 Å². The largest absolute Gasteiger partial charge is 0.360 e. The van der Waals surface area contributed by atoms with E-state index in [9.17, 15) is 4.79 Å². The second-order valence-corrected chi connectivity index (χ2v) is 7.68. The van der Waals surface area contributed by atoms with E-state index < -0.39 is 6.17 Å². The minimum atomic E-state index is -0.519. The molecule has 1 unspecified atom stereocenters. The van der Waals surface area contributed by atoms with Crippen LogP contribution in [0.2, 0.25) is 10.0 Å². The van der Waals surface area contributed by atoms with Crippen LogP contribution in [0, 0.1) is 11.3 Å². The molecule has 2 heterocycles.